The Bertz CT molecular complexity index is 1370. The van der Waals surface area contributed by atoms with E-state index in [1.165, 1.54) is 167 Å². The van der Waals surface area contributed by atoms with Crippen LogP contribution in [-0.2, 0) is 0 Å². The maximum absolute atomic E-state index is 4.03. The lowest BCUT2D eigenvalue weighted by Gasteiger charge is -2.50. The Labute approximate surface area is 412 Å². The van der Waals surface area contributed by atoms with Crippen molar-refractivity contribution in [3.63, 3.8) is 0 Å². The van der Waals surface area contributed by atoms with E-state index in [0.29, 0.717) is 6.04 Å². The van der Waals surface area contributed by atoms with Crippen molar-refractivity contribution < 1.29 is 0 Å². The summed E-state index contributed by atoms with van der Waals surface area (Å²) in [5, 5.41) is 4.03. The zero-order valence-electron chi connectivity index (χ0n) is 43.5. The van der Waals surface area contributed by atoms with Gasteiger partial charge in [0, 0.05) is 73.5 Å². The van der Waals surface area contributed by atoms with Crippen LogP contribution >= 0.6 is 0 Å². The number of hydrogen-bond donors (Lipinski definition) is 3. The minimum atomic E-state index is 0.693. The van der Waals surface area contributed by atoms with Gasteiger partial charge in [0.05, 0.1) is 0 Å². The summed E-state index contributed by atoms with van der Waals surface area (Å²) in [5.41, 5.74) is 6.95. The summed E-state index contributed by atoms with van der Waals surface area (Å²) in [6.07, 6.45) is 59.6. The molecule has 3 saturated heterocycles. The molecule has 9 unspecified atom stereocenters. The molecule has 9 atom stereocenters. The highest BCUT2D eigenvalue weighted by Crippen LogP contribution is 2.57. The molecule has 0 aromatic rings. The molecule has 9 aliphatic carbocycles. The van der Waals surface area contributed by atoms with E-state index in [-0.39, 0.29) is 0 Å². The Morgan fingerprint density at radius 3 is 1.10 bits per heavy atom. The Balaban J connectivity index is 0.715. The van der Waals surface area contributed by atoms with Gasteiger partial charge in [0.15, 0.2) is 0 Å². The molecule has 3 N–H and O–H groups in total. The summed E-state index contributed by atoms with van der Waals surface area (Å²) in [4.78, 5) is 9.91. The molecule has 380 valence electrons. The van der Waals surface area contributed by atoms with E-state index in [2.05, 4.69) is 30.9 Å². The van der Waals surface area contributed by atoms with Crippen LogP contribution in [0.3, 0.4) is 0 Å². The van der Waals surface area contributed by atoms with Gasteiger partial charge in [-0.1, -0.05) is 77.0 Å². The molecule has 3 aliphatic heterocycles. The number of rotatable bonds is 10. The minimum Gasteiger partial charge on any atom is -0.312 e. The lowest BCUT2D eigenvalue weighted by molar-refractivity contribution is 0.00171. The second-order valence-corrected chi connectivity index (χ2v) is 27.4. The summed E-state index contributed by atoms with van der Waals surface area (Å²) in [6, 6.07) is 8.93. The van der Waals surface area contributed by atoms with Crippen LogP contribution in [0, 0.1) is 53.3 Å². The van der Waals surface area contributed by atoms with Crippen LogP contribution < -0.4 is 16.2 Å². The predicted octanol–water partition coefficient (Wildman–Crippen LogP) is 13.2. The number of hydrazine groups is 1. The molecule has 0 aromatic heterocycles. The van der Waals surface area contributed by atoms with Gasteiger partial charge in [0.25, 0.3) is 0 Å². The Morgan fingerprint density at radius 1 is 0.284 bits per heavy atom. The van der Waals surface area contributed by atoms with E-state index < -0.39 is 0 Å². The van der Waals surface area contributed by atoms with Gasteiger partial charge >= 0.3 is 0 Å². The van der Waals surface area contributed by atoms with Crippen LogP contribution in [0.4, 0.5) is 0 Å². The van der Waals surface area contributed by atoms with Gasteiger partial charge in [-0.25, -0.2) is 0 Å². The van der Waals surface area contributed by atoms with Crippen molar-refractivity contribution in [3.05, 3.63) is 0 Å². The Morgan fingerprint density at radius 2 is 0.657 bits per heavy atom. The molecule has 6 nitrogen and oxygen atoms in total. The average molecular weight is 924 g/mol. The highest BCUT2D eigenvalue weighted by atomic mass is 15.4. The quantitative estimate of drug-likeness (QED) is 0.203. The molecule has 9 saturated carbocycles. The van der Waals surface area contributed by atoms with Crippen LogP contribution in [0.25, 0.3) is 0 Å². The summed E-state index contributed by atoms with van der Waals surface area (Å²) in [6.45, 7) is 3.54. The third kappa shape index (κ3) is 10.5. The first-order chi connectivity index (χ1) is 33.2. The van der Waals surface area contributed by atoms with Crippen LogP contribution in [0.2, 0.25) is 0 Å². The standard InChI is InChI=1S/C61H106N6/c1-5-13-50(14-6-1)65(51-15-7-2-8-16-51)54-29-21-43(22-30-54)46-27-35-60-57(38-46)58-39-47(44-23-31-55(32-24-44)66(52-17-9-3-10-18-52)53-19-11-4-12-20-53)28-36-61(58)67(60)56-33-25-45(26-34-56)48-37-49-41-63-64-42-59(49)62-40-48/h43-64H,1-42H2. The van der Waals surface area contributed by atoms with Crippen molar-refractivity contribution >= 4 is 0 Å². The Kier molecular flexibility index (Phi) is 16.0. The molecular weight excluding hydrogens is 817 g/mol. The highest BCUT2D eigenvalue weighted by Gasteiger charge is 2.56. The molecule has 0 spiro atoms. The van der Waals surface area contributed by atoms with Crippen molar-refractivity contribution in [1.29, 1.82) is 0 Å². The van der Waals surface area contributed by atoms with E-state index in [1.807, 2.05) is 0 Å². The highest BCUT2D eigenvalue weighted by molar-refractivity contribution is 5.09. The molecule has 0 amide bonds. The van der Waals surface area contributed by atoms with Gasteiger partial charge in [-0.05, 0) is 233 Å². The van der Waals surface area contributed by atoms with Crippen LogP contribution in [0.1, 0.15) is 250 Å². The SMILES string of the molecule is C1CCC(N(C2CCCCC2)C2CCC(C3CCC4C(C3)C3CC(C5CCC(N(C6CCCCC6)C6CCCCC6)CC5)CCC3N4C3CCC(C4CNC5CNNCC5C4)CC3)CC2)CC1. The minimum absolute atomic E-state index is 0.693. The van der Waals surface area contributed by atoms with Gasteiger partial charge in [-0.2, -0.15) is 0 Å². The maximum Gasteiger partial charge on any atom is 0.0257 e. The lowest BCUT2D eigenvalue weighted by Crippen LogP contribution is -2.61. The summed E-state index contributed by atoms with van der Waals surface area (Å²) in [7, 11) is 0. The van der Waals surface area contributed by atoms with Crippen molar-refractivity contribution in [2.24, 2.45) is 53.3 Å². The molecule has 0 bridgehead atoms. The van der Waals surface area contributed by atoms with Gasteiger partial charge < -0.3 is 5.32 Å². The van der Waals surface area contributed by atoms with Crippen LogP contribution in [-0.4, -0.2) is 94.8 Å². The fourth-order valence-electron chi connectivity index (χ4n) is 21.0. The number of nitrogens with zero attached hydrogens (tertiary/aromatic N) is 3. The topological polar surface area (TPSA) is 45.8 Å². The Hall–Kier alpha value is -0.240. The number of nitrogens with one attached hydrogen (secondary N) is 3. The third-order valence-electron chi connectivity index (χ3n) is 24.2. The van der Waals surface area contributed by atoms with Gasteiger partial charge in [-0.15, -0.1) is 0 Å². The average Bonchev–Trinajstić information content (AvgIpc) is 3.73. The number of fused-ring (bicyclic) bond motifs is 4. The third-order valence-corrected chi connectivity index (χ3v) is 24.2. The summed E-state index contributed by atoms with van der Waals surface area (Å²) >= 11 is 0. The van der Waals surface area contributed by atoms with E-state index in [4.69, 9.17) is 0 Å². The van der Waals surface area contributed by atoms with Crippen molar-refractivity contribution in [2.45, 2.75) is 311 Å². The predicted molar refractivity (Wildman–Crippen MR) is 279 cm³/mol. The molecule has 6 heteroatoms. The lowest BCUT2D eigenvalue weighted by atomic mass is 9.62. The molecule has 0 aromatic carbocycles. The maximum atomic E-state index is 4.03. The molecule has 12 aliphatic rings. The van der Waals surface area contributed by atoms with Gasteiger partial charge in [0.1, 0.15) is 0 Å². The first-order valence-corrected chi connectivity index (χ1v) is 31.7. The number of piperidine rings is 1. The van der Waals surface area contributed by atoms with Crippen molar-refractivity contribution in [2.75, 3.05) is 19.6 Å². The molecule has 3 heterocycles. The zero-order valence-corrected chi connectivity index (χ0v) is 43.5. The van der Waals surface area contributed by atoms with Gasteiger partial charge in [0.2, 0.25) is 0 Å². The van der Waals surface area contributed by atoms with Crippen molar-refractivity contribution in [3.8, 4) is 0 Å². The number of hydrogen-bond acceptors (Lipinski definition) is 6. The largest absolute Gasteiger partial charge is 0.312 e. The van der Waals surface area contributed by atoms with E-state index >= 15 is 0 Å². The second kappa shape index (κ2) is 22.5. The second-order valence-electron chi connectivity index (χ2n) is 27.4. The molecule has 67 heavy (non-hydrogen) atoms. The first-order valence-electron chi connectivity index (χ1n) is 31.7. The fraction of sp³-hybridized carbons (Fsp3) is 1.00. The smallest absolute Gasteiger partial charge is 0.0257 e. The molecular formula is C61H106N6. The number of likely N-dealkylation sites (tertiary alicyclic amines) is 1. The van der Waals surface area contributed by atoms with Gasteiger partial charge in [-0.3, -0.25) is 25.6 Å². The molecule has 0 radical (unpaired) electrons. The normalized spacial score (nSPS) is 45.1. The molecule has 12 rings (SSSR count). The molecule has 12 fully saturated rings. The first kappa shape index (κ1) is 47.7. The van der Waals surface area contributed by atoms with Crippen LogP contribution in [0.5, 0.6) is 0 Å². The van der Waals surface area contributed by atoms with E-state index in [9.17, 15) is 0 Å². The summed E-state index contributed by atoms with van der Waals surface area (Å²) in [5.74, 6) is 8.85. The zero-order chi connectivity index (χ0) is 44.5. The fourth-order valence-corrected chi connectivity index (χ4v) is 21.0. The monoisotopic (exact) mass is 923 g/mol. The van der Waals surface area contributed by atoms with Crippen molar-refractivity contribution in [1.82, 2.24) is 30.9 Å². The van der Waals surface area contributed by atoms with E-state index in [1.54, 1.807) is 89.9 Å². The van der Waals surface area contributed by atoms with Crippen LogP contribution in [0.15, 0.2) is 0 Å². The van der Waals surface area contributed by atoms with E-state index in [0.717, 1.165) is 121 Å². The summed E-state index contributed by atoms with van der Waals surface area (Å²) < 4.78 is 0.